The number of carboxylic acid groups (broad SMARTS) is 1. The number of hydrogen-bond donors (Lipinski definition) is 1. The summed E-state index contributed by atoms with van der Waals surface area (Å²) < 4.78 is 0. The molecule has 1 N–H and O–H groups in total. The summed E-state index contributed by atoms with van der Waals surface area (Å²) >= 11 is 0. The number of hydrogen-bond acceptors (Lipinski definition) is 2. The number of carbonyl (C=O) groups excluding carboxylic acids is 1. The van der Waals surface area contributed by atoms with Crippen molar-refractivity contribution in [2.75, 3.05) is 13.6 Å². The second kappa shape index (κ2) is 19.5. The predicted molar refractivity (Wildman–Crippen MR) is 104 cm³/mol. The molecule has 0 radical (unpaired) electrons. The zero-order valence-electron chi connectivity index (χ0n) is 15.3. The molecule has 5 heteroatoms. The van der Waals surface area contributed by atoms with Gasteiger partial charge in [0.25, 0.3) is 0 Å². The van der Waals surface area contributed by atoms with Crippen LogP contribution in [0.1, 0.15) is 96.8 Å². The van der Waals surface area contributed by atoms with E-state index in [1.807, 2.05) is 0 Å². The van der Waals surface area contributed by atoms with Crippen LogP contribution in [0, 0.1) is 0 Å². The summed E-state index contributed by atoms with van der Waals surface area (Å²) in [5.74, 6) is -1.01. The van der Waals surface area contributed by atoms with Crippen LogP contribution in [0.25, 0.3) is 0 Å². The molecule has 0 aromatic heterocycles. The number of carbonyl (C=O) groups is 2. The van der Waals surface area contributed by atoms with Gasteiger partial charge in [0.2, 0.25) is 5.91 Å². The van der Waals surface area contributed by atoms with Crippen molar-refractivity contribution in [3.63, 3.8) is 0 Å². The summed E-state index contributed by atoms with van der Waals surface area (Å²) in [5.41, 5.74) is 0. The zero-order valence-corrected chi connectivity index (χ0v) is 15.3. The topological polar surface area (TPSA) is 57.6 Å². The van der Waals surface area contributed by atoms with Crippen LogP contribution in [-0.2, 0) is 9.59 Å². The van der Waals surface area contributed by atoms with Crippen molar-refractivity contribution in [1.82, 2.24) is 4.90 Å². The molecule has 0 aliphatic heterocycles. The zero-order chi connectivity index (χ0) is 17.3. The van der Waals surface area contributed by atoms with E-state index in [2.05, 4.69) is 6.92 Å². The van der Waals surface area contributed by atoms with Crippen molar-refractivity contribution in [2.45, 2.75) is 96.8 Å². The van der Waals surface area contributed by atoms with E-state index in [-0.39, 0.29) is 50.2 Å². The summed E-state index contributed by atoms with van der Waals surface area (Å²) in [6, 6.07) is 0. The first kappa shape index (κ1) is 26.4. The first-order chi connectivity index (χ1) is 11.1. The van der Waals surface area contributed by atoms with Crippen molar-refractivity contribution in [3.05, 3.63) is 0 Å². The van der Waals surface area contributed by atoms with Crippen molar-refractivity contribution < 1.29 is 14.7 Å². The Balaban J connectivity index is 0. The summed E-state index contributed by atoms with van der Waals surface area (Å²) in [4.78, 5) is 23.4. The summed E-state index contributed by atoms with van der Waals surface area (Å²) in [6.45, 7) is 2.06. The fourth-order valence-corrected chi connectivity index (χ4v) is 2.78. The van der Waals surface area contributed by atoms with Gasteiger partial charge in [0.1, 0.15) is 6.54 Å². The van der Waals surface area contributed by atoms with Gasteiger partial charge in [-0.3, -0.25) is 9.59 Å². The number of carboxylic acids is 1. The normalized spacial score (nSPS) is 10.2. The van der Waals surface area contributed by atoms with E-state index >= 15 is 0 Å². The molecule has 24 heavy (non-hydrogen) atoms. The summed E-state index contributed by atoms with van der Waals surface area (Å²) in [7, 11) is 1.55. The number of likely N-dealkylation sites (N-methyl/N-ethyl adjacent to an activating group) is 1. The predicted octanol–water partition coefficient (Wildman–Crippen LogP) is 4.09. The molecule has 0 aliphatic rings. The molecule has 140 valence electrons. The first-order valence-corrected chi connectivity index (χ1v) is 9.53. The number of amides is 1. The molecule has 0 bridgehead atoms. The molecule has 0 saturated heterocycles. The van der Waals surface area contributed by atoms with Gasteiger partial charge in [-0.1, -0.05) is 84.0 Å². The van der Waals surface area contributed by atoms with E-state index in [0.29, 0.717) is 6.42 Å². The van der Waals surface area contributed by atoms with Gasteiger partial charge in [0.15, 0.2) is 0 Å². The Morgan fingerprint density at radius 2 is 1.12 bits per heavy atom. The Labute approximate surface area is 178 Å². The fraction of sp³-hybridized carbons (Fsp3) is 0.895. The quantitative estimate of drug-likeness (QED) is 0.329. The summed E-state index contributed by atoms with van der Waals surface area (Å²) in [6.07, 6.45) is 17.2. The van der Waals surface area contributed by atoms with Gasteiger partial charge in [-0.15, -0.1) is 0 Å². The average Bonchev–Trinajstić information content (AvgIpc) is 2.51. The van der Waals surface area contributed by atoms with E-state index in [0.717, 1.165) is 12.8 Å². The third-order valence-electron chi connectivity index (χ3n) is 4.29. The average molecular weight is 370 g/mol. The molecule has 0 heterocycles. The van der Waals surface area contributed by atoms with Crippen molar-refractivity contribution in [3.8, 4) is 0 Å². The molecule has 0 fully saturated rings. The van der Waals surface area contributed by atoms with Crippen LogP contribution in [0.3, 0.4) is 0 Å². The third kappa shape index (κ3) is 18.5. The Morgan fingerprint density at radius 1 is 0.750 bits per heavy atom. The second-order valence-electron chi connectivity index (χ2n) is 6.64. The van der Waals surface area contributed by atoms with Crippen LogP contribution < -0.4 is 0 Å². The van der Waals surface area contributed by atoms with Crippen LogP contribution in [0.5, 0.6) is 0 Å². The Kier molecular flexibility index (Phi) is 21.5. The van der Waals surface area contributed by atoms with Gasteiger partial charge in [-0.25, -0.2) is 0 Å². The van der Waals surface area contributed by atoms with E-state index in [4.69, 9.17) is 5.11 Å². The Bertz CT molecular complexity index is 311. The van der Waals surface area contributed by atoms with Crippen LogP contribution in [0.4, 0.5) is 0 Å². The molecule has 0 aromatic carbocycles. The number of rotatable bonds is 16. The van der Waals surface area contributed by atoms with Crippen LogP contribution in [-0.4, -0.2) is 73.2 Å². The Hall–Kier alpha value is 0.200. The van der Waals surface area contributed by atoms with E-state index in [1.54, 1.807) is 7.05 Å². The molecule has 0 rings (SSSR count). The van der Waals surface area contributed by atoms with Gasteiger partial charge >= 0.3 is 43.7 Å². The number of nitrogens with zero attached hydrogens (tertiary/aromatic N) is 1. The summed E-state index contributed by atoms with van der Waals surface area (Å²) in [5, 5.41) is 8.62. The van der Waals surface area contributed by atoms with E-state index < -0.39 is 5.97 Å². The van der Waals surface area contributed by atoms with E-state index in [9.17, 15) is 9.59 Å². The van der Waals surface area contributed by atoms with E-state index in [1.165, 1.54) is 75.5 Å². The first-order valence-electron chi connectivity index (χ1n) is 9.53. The maximum atomic E-state index is 11.6. The molecule has 0 aliphatic carbocycles. The third-order valence-corrected chi connectivity index (χ3v) is 4.29. The minimum absolute atomic E-state index is 0. The number of unbranched alkanes of at least 4 members (excludes halogenated alkanes) is 12. The van der Waals surface area contributed by atoms with Gasteiger partial charge < -0.3 is 10.0 Å². The SMILES string of the molecule is CCCCCCCCCCCCCCCC(=O)N(C)CC(=O)O.[CaH2]. The standard InChI is InChI=1S/C19H37NO3.Ca.2H/c1-3-4-5-6-7-8-9-10-11-12-13-14-15-16-18(21)20(2)17-19(22)23;;;/h3-17H2,1-2H3,(H,22,23);;;. The van der Waals surface area contributed by atoms with Crippen molar-refractivity contribution in [2.24, 2.45) is 0 Å². The van der Waals surface area contributed by atoms with Gasteiger partial charge in [0, 0.05) is 13.5 Å². The van der Waals surface area contributed by atoms with Crippen LogP contribution in [0.2, 0.25) is 0 Å². The van der Waals surface area contributed by atoms with Crippen LogP contribution in [0.15, 0.2) is 0 Å². The number of aliphatic carboxylic acids is 1. The second-order valence-corrected chi connectivity index (χ2v) is 6.64. The molecular formula is C19H39CaNO3. The molecule has 0 atom stereocenters. The van der Waals surface area contributed by atoms with Crippen molar-refractivity contribution in [1.29, 1.82) is 0 Å². The Morgan fingerprint density at radius 3 is 1.50 bits per heavy atom. The van der Waals surface area contributed by atoms with Gasteiger partial charge in [-0.05, 0) is 6.42 Å². The monoisotopic (exact) mass is 369 g/mol. The van der Waals surface area contributed by atoms with Crippen molar-refractivity contribution >= 4 is 49.6 Å². The molecule has 0 spiro atoms. The maximum absolute atomic E-state index is 11.6. The van der Waals surface area contributed by atoms with Crippen LogP contribution >= 0.6 is 0 Å². The molecule has 0 aromatic rings. The molecule has 0 unspecified atom stereocenters. The molecule has 4 nitrogen and oxygen atoms in total. The molecule has 0 saturated carbocycles. The molecular weight excluding hydrogens is 330 g/mol. The fourth-order valence-electron chi connectivity index (χ4n) is 2.78. The molecule has 1 amide bonds. The minimum atomic E-state index is -0.953. The van der Waals surface area contributed by atoms with Gasteiger partial charge in [-0.2, -0.15) is 0 Å². The van der Waals surface area contributed by atoms with Gasteiger partial charge in [0.05, 0.1) is 0 Å².